The number of rotatable bonds is 2. The highest BCUT2D eigenvalue weighted by Crippen LogP contribution is 2.20. The minimum absolute atomic E-state index is 0.0851. The van der Waals surface area contributed by atoms with Crippen LogP contribution in [-0.4, -0.2) is 9.97 Å². The van der Waals surface area contributed by atoms with Crippen LogP contribution in [0.15, 0.2) is 30.3 Å². The molecule has 0 amide bonds. The van der Waals surface area contributed by atoms with E-state index in [1.807, 2.05) is 6.07 Å². The van der Waals surface area contributed by atoms with Gasteiger partial charge in [0.05, 0.1) is 11.3 Å². The molecule has 2 rings (SSSR count). The van der Waals surface area contributed by atoms with E-state index in [0.717, 1.165) is 0 Å². The zero-order valence-electron chi connectivity index (χ0n) is 8.88. The van der Waals surface area contributed by atoms with Crippen LogP contribution in [0.3, 0.4) is 0 Å². The highest BCUT2D eigenvalue weighted by Gasteiger charge is 2.03. The normalized spacial score (nSPS) is 9.59. The molecule has 6 nitrogen and oxygen atoms in total. The van der Waals surface area contributed by atoms with Gasteiger partial charge in [0.15, 0.2) is 0 Å². The predicted octanol–water partition coefficient (Wildman–Crippen LogP) is 1.26. The first kappa shape index (κ1) is 10.7. The average Bonchev–Trinajstić information content (AvgIpc) is 2.28. The zero-order valence-corrected chi connectivity index (χ0v) is 8.88. The molecule has 0 saturated heterocycles. The molecule has 5 N–H and O–H groups in total. The number of nitrogens with two attached hydrogens (primary N) is 2. The monoisotopic (exact) mass is 226 g/mol. The van der Waals surface area contributed by atoms with Crippen molar-refractivity contribution in [2.75, 3.05) is 16.8 Å². The molecule has 0 bridgehead atoms. The van der Waals surface area contributed by atoms with Crippen LogP contribution in [0, 0.1) is 11.3 Å². The van der Waals surface area contributed by atoms with Crippen LogP contribution in [0.5, 0.6) is 0 Å². The summed E-state index contributed by atoms with van der Waals surface area (Å²) >= 11 is 0. The summed E-state index contributed by atoms with van der Waals surface area (Å²) in [7, 11) is 0. The van der Waals surface area contributed by atoms with E-state index in [4.69, 9.17) is 16.7 Å². The second-order valence-corrected chi connectivity index (χ2v) is 3.32. The van der Waals surface area contributed by atoms with Gasteiger partial charge >= 0.3 is 0 Å². The van der Waals surface area contributed by atoms with E-state index in [1.165, 1.54) is 0 Å². The molecule has 0 aliphatic rings. The first-order chi connectivity index (χ1) is 8.19. The molecular formula is C11H10N6. The number of nitrogen functional groups attached to an aromatic ring is 2. The van der Waals surface area contributed by atoms with Crippen molar-refractivity contribution >= 4 is 23.3 Å². The van der Waals surface area contributed by atoms with E-state index < -0.39 is 0 Å². The van der Waals surface area contributed by atoms with E-state index in [0.29, 0.717) is 17.1 Å². The topological polar surface area (TPSA) is 114 Å². The number of hydrogen-bond acceptors (Lipinski definition) is 6. The molecule has 1 aromatic carbocycles. The number of anilines is 4. The maximum Gasteiger partial charge on any atom is 0.223 e. The average molecular weight is 226 g/mol. The van der Waals surface area contributed by atoms with E-state index in [1.54, 1.807) is 24.3 Å². The van der Waals surface area contributed by atoms with Crippen LogP contribution in [0.4, 0.5) is 23.3 Å². The third-order valence-corrected chi connectivity index (χ3v) is 2.07. The number of nitrogens with one attached hydrogen (secondary N) is 1. The van der Waals surface area contributed by atoms with Gasteiger partial charge in [0.1, 0.15) is 17.7 Å². The highest BCUT2D eigenvalue weighted by atomic mass is 15.1. The molecule has 1 heterocycles. The quantitative estimate of drug-likeness (QED) is 0.710. The van der Waals surface area contributed by atoms with Crippen molar-refractivity contribution in [2.24, 2.45) is 0 Å². The van der Waals surface area contributed by atoms with E-state index >= 15 is 0 Å². The molecule has 0 spiro atoms. The SMILES string of the molecule is N#Cc1ccccc1Nc1cc(N)nc(N)n1. The van der Waals surface area contributed by atoms with Gasteiger partial charge in [-0.3, -0.25) is 0 Å². The van der Waals surface area contributed by atoms with Gasteiger partial charge in [-0.15, -0.1) is 0 Å². The van der Waals surface area contributed by atoms with Gasteiger partial charge in [0.25, 0.3) is 0 Å². The summed E-state index contributed by atoms with van der Waals surface area (Å²) in [4.78, 5) is 7.73. The van der Waals surface area contributed by atoms with Crippen LogP contribution in [-0.2, 0) is 0 Å². The Morgan fingerprint density at radius 1 is 1.18 bits per heavy atom. The van der Waals surface area contributed by atoms with Crippen LogP contribution < -0.4 is 16.8 Å². The van der Waals surface area contributed by atoms with Crippen molar-refractivity contribution in [3.8, 4) is 6.07 Å². The summed E-state index contributed by atoms with van der Waals surface area (Å²) in [6, 6.07) is 10.7. The van der Waals surface area contributed by atoms with Crippen molar-refractivity contribution in [1.82, 2.24) is 9.97 Å². The van der Waals surface area contributed by atoms with Crippen LogP contribution in [0.25, 0.3) is 0 Å². The Labute approximate surface area is 97.9 Å². The first-order valence-electron chi connectivity index (χ1n) is 4.85. The Bertz CT molecular complexity index is 567. The van der Waals surface area contributed by atoms with Crippen molar-refractivity contribution in [3.05, 3.63) is 35.9 Å². The molecule has 17 heavy (non-hydrogen) atoms. The third-order valence-electron chi connectivity index (χ3n) is 2.07. The van der Waals surface area contributed by atoms with Gasteiger partial charge in [-0.1, -0.05) is 12.1 Å². The molecule has 6 heteroatoms. The Kier molecular flexibility index (Phi) is 2.75. The van der Waals surface area contributed by atoms with Gasteiger partial charge < -0.3 is 16.8 Å². The zero-order chi connectivity index (χ0) is 12.3. The maximum absolute atomic E-state index is 8.93. The molecule has 0 unspecified atom stereocenters. The van der Waals surface area contributed by atoms with Gasteiger partial charge in [0.2, 0.25) is 5.95 Å². The lowest BCUT2D eigenvalue weighted by atomic mass is 10.2. The molecule has 0 aliphatic carbocycles. The van der Waals surface area contributed by atoms with Gasteiger partial charge in [-0.2, -0.15) is 15.2 Å². The Hall–Kier alpha value is -2.81. The molecule has 84 valence electrons. The number of nitrogens with zero attached hydrogens (tertiary/aromatic N) is 3. The third kappa shape index (κ3) is 2.41. The fraction of sp³-hybridized carbons (Fsp3) is 0. The fourth-order valence-corrected chi connectivity index (χ4v) is 1.38. The van der Waals surface area contributed by atoms with E-state index in [-0.39, 0.29) is 11.8 Å². The predicted molar refractivity (Wildman–Crippen MR) is 65.3 cm³/mol. The second-order valence-electron chi connectivity index (χ2n) is 3.32. The lowest BCUT2D eigenvalue weighted by Gasteiger charge is -2.07. The summed E-state index contributed by atoms with van der Waals surface area (Å²) in [5.74, 6) is 0.814. The number of para-hydroxylation sites is 1. The minimum Gasteiger partial charge on any atom is -0.383 e. The minimum atomic E-state index is 0.0851. The summed E-state index contributed by atoms with van der Waals surface area (Å²) in [5.41, 5.74) is 12.2. The lowest BCUT2D eigenvalue weighted by Crippen LogP contribution is -2.03. The molecule has 1 aromatic heterocycles. The second kappa shape index (κ2) is 4.37. The molecule has 0 fully saturated rings. The Morgan fingerprint density at radius 3 is 2.65 bits per heavy atom. The Morgan fingerprint density at radius 2 is 1.94 bits per heavy atom. The molecular weight excluding hydrogens is 216 g/mol. The van der Waals surface area contributed by atoms with Gasteiger partial charge in [0, 0.05) is 6.07 Å². The lowest BCUT2D eigenvalue weighted by molar-refractivity contribution is 1.19. The molecule has 0 radical (unpaired) electrons. The van der Waals surface area contributed by atoms with Crippen molar-refractivity contribution in [3.63, 3.8) is 0 Å². The number of benzene rings is 1. The summed E-state index contributed by atoms with van der Waals surface area (Å²) in [6.07, 6.45) is 0. The molecule has 0 aliphatic heterocycles. The van der Waals surface area contributed by atoms with Crippen molar-refractivity contribution < 1.29 is 0 Å². The first-order valence-corrected chi connectivity index (χ1v) is 4.85. The van der Waals surface area contributed by atoms with Crippen LogP contribution in [0.2, 0.25) is 0 Å². The summed E-state index contributed by atoms with van der Waals surface area (Å²) < 4.78 is 0. The Balaban J connectivity index is 2.35. The van der Waals surface area contributed by atoms with Crippen LogP contribution >= 0.6 is 0 Å². The molecule has 0 saturated carbocycles. The van der Waals surface area contributed by atoms with E-state index in [9.17, 15) is 0 Å². The highest BCUT2D eigenvalue weighted by molar-refractivity contribution is 5.66. The van der Waals surface area contributed by atoms with Gasteiger partial charge in [-0.25, -0.2) is 0 Å². The molecule has 2 aromatic rings. The fourth-order valence-electron chi connectivity index (χ4n) is 1.38. The van der Waals surface area contributed by atoms with Crippen molar-refractivity contribution in [2.45, 2.75) is 0 Å². The largest absolute Gasteiger partial charge is 0.383 e. The molecule has 0 atom stereocenters. The number of hydrogen-bond donors (Lipinski definition) is 3. The van der Waals surface area contributed by atoms with Crippen LogP contribution in [0.1, 0.15) is 5.56 Å². The smallest absolute Gasteiger partial charge is 0.223 e. The number of aromatic nitrogens is 2. The van der Waals surface area contributed by atoms with Gasteiger partial charge in [-0.05, 0) is 12.1 Å². The standard InChI is InChI=1S/C11H10N6/c12-6-7-3-1-2-4-8(7)15-10-5-9(13)16-11(14)17-10/h1-5H,(H5,13,14,15,16,17). The summed E-state index contributed by atoms with van der Waals surface area (Å²) in [5, 5.41) is 11.9. The summed E-state index contributed by atoms with van der Waals surface area (Å²) in [6.45, 7) is 0. The van der Waals surface area contributed by atoms with E-state index in [2.05, 4.69) is 21.4 Å². The maximum atomic E-state index is 8.93. The number of nitriles is 1. The van der Waals surface area contributed by atoms with Crippen molar-refractivity contribution in [1.29, 1.82) is 5.26 Å².